The minimum atomic E-state index is -0.131. The Morgan fingerprint density at radius 3 is 2.68 bits per heavy atom. The van der Waals surface area contributed by atoms with E-state index in [4.69, 9.17) is 33.7 Å². The highest BCUT2D eigenvalue weighted by atomic mass is 35.5. The maximum Gasteiger partial charge on any atom is 0.225 e. The molecule has 0 bridgehead atoms. The van der Waals surface area contributed by atoms with Gasteiger partial charge >= 0.3 is 0 Å². The van der Waals surface area contributed by atoms with Gasteiger partial charge in [0.15, 0.2) is 5.82 Å². The maximum atomic E-state index is 13.7. The van der Waals surface area contributed by atoms with Crippen molar-refractivity contribution in [2.24, 2.45) is 17.8 Å². The Morgan fingerprint density at radius 1 is 1.19 bits per heavy atom. The van der Waals surface area contributed by atoms with Crippen LogP contribution in [0.15, 0.2) is 60.5 Å². The number of aromatic nitrogens is 2. The molecular formula is C28H33Cl2N5O2. The van der Waals surface area contributed by atoms with Crippen LogP contribution in [0.2, 0.25) is 5.02 Å². The average Bonchev–Trinajstić information content (AvgIpc) is 3.36. The van der Waals surface area contributed by atoms with Crippen molar-refractivity contribution in [2.75, 3.05) is 36.8 Å². The molecule has 37 heavy (non-hydrogen) atoms. The van der Waals surface area contributed by atoms with Crippen molar-refractivity contribution in [2.45, 2.75) is 37.7 Å². The molecule has 1 aliphatic carbocycles. The monoisotopic (exact) mass is 541 g/mol. The van der Waals surface area contributed by atoms with Crippen LogP contribution in [0, 0.1) is 17.8 Å². The van der Waals surface area contributed by atoms with Gasteiger partial charge in [-0.25, -0.2) is 9.97 Å². The number of allylic oxidation sites excluding steroid dienone is 3. The third-order valence-corrected chi connectivity index (χ3v) is 8.30. The van der Waals surface area contributed by atoms with Gasteiger partial charge in [0.05, 0.1) is 16.1 Å². The predicted molar refractivity (Wildman–Crippen MR) is 148 cm³/mol. The predicted octanol–water partition coefficient (Wildman–Crippen LogP) is 4.96. The van der Waals surface area contributed by atoms with Gasteiger partial charge in [0.25, 0.3) is 0 Å². The van der Waals surface area contributed by atoms with Gasteiger partial charge in [0.1, 0.15) is 6.10 Å². The molecule has 2 aromatic rings. The number of nitrogens with zero attached hydrogens (tertiary/aromatic N) is 4. The Morgan fingerprint density at radius 2 is 2.00 bits per heavy atom. The molecule has 0 saturated carbocycles. The molecule has 5 rings (SSSR count). The number of ether oxygens (including phenoxy) is 1. The molecule has 2 aromatic heterocycles. The van der Waals surface area contributed by atoms with Crippen LogP contribution >= 0.6 is 23.2 Å². The first kappa shape index (κ1) is 25.9. The highest BCUT2D eigenvalue weighted by molar-refractivity contribution is 6.30. The van der Waals surface area contributed by atoms with E-state index in [1.54, 1.807) is 24.5 Å². The fourth-order valence-corrected chi connectivity index (χ4v) is 5.98. The second-order valence-electron chi connectivity index (χ2n) is 10.1. The first-order valence-electron chi connectivity index (χ1n) is 12.9. The van der Waals surface area contributed by atoms with E-state index in [1.807, 2.05) is 23.1 Å². The van der Waals surface area contributed by atoms with Crippen LogP contribution in [0.4, 0.5) is 11.5 Å². The van der Waals surface area contributed by atoms with Crippen molar-refractivity contribution in [3.8, 4) is 5.88 Å². The second-order valence-corrected chi connectivity index (χ2v) is 11.1. The van der Waals surface area contributed by atoms with Gasteiger partial charge in [-0.2, -0.15) is 0 Å². The van der Waals surface area contributed by atoms with Crippen molar-refractivity contribution in [1.82, 2.24) is 14.9 Å². The van der Waals surface area contributed by atoms with Gasteiger partial charge in [0, 0.05) is 62.4 Å². The lowest BCUT2D eigenvalue weighted by atomic mass is 9.83. The Kier molecular flexibility index (Phi) is 7.91. The van der Waals surface area contributed by atoms with Crippen molar-refractivity contribution in [3.63, 3.8) is 0 Å². The highest BCUT2D eigenvalue weighted by Gasteiger charge is 2.42. The molecule has 1 amide bonds. The number of nitrogens with two attached hydrogens (primary N) is 1. The average molecular weight is 543 g/mol. The van der Waals surface area contributed by atoms with Crippen LogP contribution in [-0.4, -0.2) is 58.4 Å². The third-order valence-electron chi connectivity index (χ3n) is 7.75. The number of likely N-dealkylation sites (tertiary alicyclic amines) is 1. The number of amides is 1. The molecule has 2 aliphatic heterocycles. The number of anilines is 2. The zero-order chi connectivity index (χ0) is 25.9. The van der Waals surface area contributed by atoms with Crippen molar-refractivity contribution in [3.05, 3.63) is 65.5 Å². The molecule has 9 heteroatoms. The topological polar surface area (TPSA) is 84.6 Å². The number of carbonyl (C=O) groups is 1. The van der Waals surface area contributed by atoms with Gasteiger partial charge in [0.2, 0.25) is 11.8 Å². The SMILES string of the molecule is CC(Oc1ccc(Cl)cn1)C1CN(C(=O)C2CCN(c3ncccc3N)CC2)CC1C1=CCC(Cl)C=C1. The van der Waals surface area contributed by atoms with Gasteiger partial charge < -0.3 is 20.3 Å². The summed E-state index contributed by atoms with van der Waals surface area (Å²) < 4.78 is 6.23. The van der Waals surface area contributed by atoms with Gasteiger partial charge in [-0.05, 0) is 50.0 Å². The molecular weight excluding hydrogens is 509 g/mol. The molecule has 2 saturated heterocycles. The lowest BCUT2D eigenvalue weighted by molar-refractivity contribution is -0.135. The van der Waals surface area contributed by atoms with Crippen molar-refractivity contribution in [1.29, 1.82) is 0 Å². The minimum Gasteiger partial charge on any atom is -0.474 e. The fraction of sp³-hybridized carbons (Fsp3) is 0.464. The fourth-order valence-electron chi connectivity index (χ4n) is 5.70. The van der Waals surface area contributed by atoms with E-state index in [0.717, 1.165) is 38.2 Å². The minimum absolute atomic E-state index is 0.00200. The van der Waals surface area contributed by atoms with Gasteiger partial charge in [-0.3, -0.25) is 4.79 Å². The van der Waals surface area contributed by atoms with E-state index in [0.29, 0.717) is 29.7 Å². The quantitative estimate of drug-likeness (QED) is 0.520. The van der Waals surface area contributed by atoms with E-state index < -0.39 is 0 Å². The molecule has 4 atom stereocenters. The Hall–Kier alpha value is -2.77. The Balaban J connectivity index is 1.27. The van der Waals surface area contributed by atoms with Crippen LogP contribution in [0.3, 0.4) is 0 Å². The lowest BCUT2D eigenvalue weighted by Crippen LogP contribution is -2.42. The zero-order valence-corrected chi connectivity index (χ0v) is 22.5. The molecule has 4 heterocycles. The number of carbonyl (C=O) groups excluding carboxylic acids is 1. The van der Waals surface area contributed by atoms with Crippen LogP contribution < -0.4 is 15.4 Å². The lowest BCUT2D eigenvalue weighted by Gasteiger charge is -2.34. The summed E-state index contributed by atoms with van der Waals surface area (Å²) in [4.78, 5) is 26.7. The molecule has 0 aromatic carbocycles. The van der Waals surface area contributed by atoms with Crippen molar-refractivity contribution < 1.29 is 9.53 Å². The number of nitrogen functional groups attached to an aromatic ring is 1. The summed E-state index contributed by atoms with van der Waals surface area (Å²) in [7, 11) is 0. The number of rotatable bonds is 6. The maximum absolute atomic E-state index is 13.7. The molecule has 196 valence electrons. The first-order valence-corrected chi connectivity index (χ1v) is 13.7. The van der Waals surface area contributed by atoms with E-state index in [9.17, 15) is 4.79 Å². The van der Waals surface area contributed by atoms with E-state index in [-0.39, 0.29) is 35.1 Å². The molecule has 0 spiro atoms. The van der Waals surface area contributed by atoms with Gasteiger partial charge in [-0.15, -0.1) is 11.6 Å². The van der Waals surface area contributed by atoms with E-state index >= 15 is 0 Å². The highest BCUT2D eigenvalue weighted by Crippen LogP contribution is 2.37. The number of pyridine rings is 2. The smallest absolute Gasteiger partial charge is 0.225 e. The number of hydrogen-bond donors (Lipinski definition) is 1. The number of hydrogen-bond acceptors (Lipinski definition) is 6. The third kappa shape index (κ3) is 5.88. The number of halogens is 2. The molecule has 0 radical (unpaired) electrons. The molecule has 2 N–H and O–H groups in total. The summed E-state index contributed by atoms with van der Waals surface area (Å²) >= 11 is 12.3. The van der Waals surface area contributed by atoms with Gasteiger partial charge in [-0.1, -0.05) is 29.8 Å². The van der Waals surface area contributed by atoms with E-state index in [2.05, 4.69) is 33.9 Å². The summed E-state index contributed by atoms with van der Waals surface area (Å²) in [6, 6.07) is 7.27. The Labute approximate surface area is 228 Å². The van der Waals surface area contributed by atoms with Crippen LogP contribution in [0.1, 0.15) is 26.2 Å². The van der Waals surface area contributed by atoms with Crippen molar-refractivity contribution >= 4 is 40.6 Å². The molecule has 2 fully saturated rings. The summed E-state index contributed by atoms with van der Waals surface area (Å²) in [5.41, 5.74) is 8.03. The van der Waals surface area contributed by atoms with E-state index in [1.165, 1.54) is 5.57 Å². The molecule has 3 aliphatic rings. The van der Waals surface area contributed by atoms with Crippen LogP contribution in [0.5, 0.6) is 5.88 Å². The standard InChI is InChI=1S/C28H33Cl2N5O2/c1-18(37-26-9-8-22(30)15-33-26)23-16-35(17-24(23)19-4-6-21(29)7-5-19)28(36)20-10-13-34(14-11-20)27-25(31)3-2-12-32-27/h2-6,8-9,12,15,18,20-21,23-24H,7,10-11,13-14,16-17,31H2,1H3. The summed E-state index contributed by atoms with van der Waals surface area (Å²) in [6.07, 6.45) is 12.0. The number of alkyl halides is 1. The molecule has 7 nitrogen and oxygen atoms in total. The number of piperidine rings is 1. The Bertz CT molecular complexity index is 1160. The van der Waals surface area contributed by atoms with Crippen LogP contribution in [-0.2, 0) is 4.79 Å². The zero-order valence-electron chi connectivity index (χ0n) is 21.0. The largest absolute Gasteiger partial charge is 0.474 e. The summed E-state index contributed by atoms with van der Waals surface area (Å²) in [6.45, 7) is 4.94. The second kappa shape index (κ2) is 11.3. The normalized spacial score (nSPS) is 25.2. The van der Waals surface area contributed by atoms with Crippen LogP contribution in [0.25, 0.3) is 0 Å². The molecule has 4 unspecified atom stereocenters. The summed E-state index contributed by atoms with van der Waals surface area (Å²) in [5, 5.41) is 0.590. The summed E-state index contributed by atoms with van der Waals surface area (Å²) in [5.74, 6) is 1.89. The first-order chi connectivity index (χ1) is 17.9.